The highest BCUT2D eigenvalue weighted by Crippen LogP contribution is 2.25. The average Bonchev–Trinajstić information content (AvgIpc) is 2.67. The number of hydroxylamine groups is 2. The first-order valence-corrected chi connectivity index (χ1v) is 5.59. The van der Waals surface area contributed by atoms with Crippen LogP contribution in [0.5, 0.6) is 5.75 Å². The van der Waals surface area contributed by atoms with Gasteiger partial charge in [-0.25, -0.2) is 4.39 Å². The third-order valence-electron chi connectivity index (χ3n) is 2.78. The van der Waals surface area contributed by atoms with Crippen LogP contribution in [0.4, 0.5) is 4.39 Å². The van der Waals surface area contributed by atoms with E-state index in [0.29, 0.717) is 5.06 Å². The van der Waals surface area contributed by atoms with E-state index in [-0.39, 0.29) is 16.9 Å². The van der Waals surface area contributed by atoms with Crippen LogP contribution in [0.25, 0.3) is 0 Å². The largest absolute Gasteiger partial charge is 0.365 e. The minimum atomic E-state index is -0.640. The zero-order valence-electron chi connectivity index (χ0n) is 9.67. The minimum Gasteiger partial charge on any atom is -0.365 e. The fourth-order valence-corrected chi connectivity index (χ4v) is 1.87. The van der Waals surface area contributed by atoms with E-state index in [1.54, 1.807) is 18.2 Å². The molecule has 1 aliphatic heterocycles. The molecule has 2 amide bonds. The number of imide groups is 1. The molecule has 0 spiro atoms. The normalized spacial score (nSPS) is 13.6. The number of hydrogen-bond acceptors (Lipinski definition) is 3. The van der Waals surface area contributed by atoms with E-state index in [9.17, 15) is 14.0 Å². The smallest absolute Gasteiger partial charge is 0.295 e. The number of carbonyl (C=O) groups excluding carboxylic acids is 2. The van der Waals surface area contributed by atoms with E-state index < -0.39 is 17.6 Å². The van der Waals surface area contributed by atoms with Gasteiger partial charge in [-0.15, -0.1) is 0 Å². The molecule has 0 radical (unpaired) electrons. The van der Waals surface area contributed by atoms with Gasteiger partial charge in [0.15, 0.2) is 11.6 Å². The SMILES string of the molecule is O=C1c2ccccc2C(=O)N1Oc1ccccc1F. The zero-order valence-corrected chi connectivity index (χ0v) is 9.67. The molecule has 19 heavy (non-hydrogen) atoms. The Morgan fingerprint density at radius 1 is 0.842 bits per heavy atom. The van der Waals surface area contributed by atoms with Crippen LogP contribution in [-0.4, -0.2) is 16.9 Å². The van der Waals surface area contributed by atoms with Crippen molar-refractivity contribution in [3.8, 4) is 5.75 Å². The molecule has 0 bridgehead atoms. The summed E-state index contributed by atoms with van der Waals surface area (Å²) < 4.78 is 13.5. The third-order valence-corrected chi connectivity index (χ3v) is 2.78. The fourth-order valence-electron chi connectivity index (χ4n) is 1.87. The van der Waals surface area contributed by atoms with Crippen molar-refractivity contribution >= 4 is 11.8 Å². The average molecular weight is 257 g/mol. The van der Waals surface area contributed by atoms with E-state index in [2.05, 4.69) is 0 Å². The number of rotatable bonds is 2. The summed E-state index contributed by atoms with van der Waals surface area (Å²) in [5.74, 6) is -2.00. The Balaban J connectivity index is 1.95. The maximum absolute atomic E-state index is 13.5. The molecule has 0 atom stereocenters. The Morgan fingerprint density at radius 2 is 1.37 bits per heavy atom. The number of para-hydroxylation sites is 1. The number of halogens is 1. The summed E-state index contributed by atoms with van der Waals surface area (Å²) in [5, 5.41) is 0.572. The van der Waals surface area contributed by atoms with Crippen molar-refractivity contribution < 1.29 is 18.8 Å². The van der Waals surface area contributed by atoms with Crippen LogP contribution in [0.1, 0.15) is 20.7 Å². The van der Waals surface area contributed by atoms with Crippen LogP contribution in [0.3, 0.4) is 0 Å². The van der Waals surface area contributed by atoms with Gasteiger partial charge in [0.1, 0.15) is 0 Å². The summed E-state index contributed by atoms with van der Waals surface area (Å²) in [6.45, 7) is 0. The number of hydrogen-bond donors (Lipinski definition) is 0. The van der Waals surface area contributed by atoms with Gasteiger partial charge in [-0.1, -0.05) is 29.3 Å². The summed E-state index contributed by atoms with van der Waals surface area (Å²) >= 11 is 0. The van der Waals surface area contributed by atoms with Crippen LogP contribution in [0.15, 0.2) is 48.5 Å². The highest BCUT2D eigenvalue weighted by Gasteiger charge is 2.37. The number of fused-ring (bicyclic) bond motifs is 1. The molecule has 1 aliphatic rings. The van der Waals surface area contributed by atoms with Gasteiger partial charge < -0.3 is 4.84 Å². The van der Waals surface area contributed by atoms with Crippen LogP contribution in [0, 0.1) is 5.82 Å². The second-order valence-corrected chi connectivity index (χ2v) is 3.97. The van der Waals surface area contributed by atoms with Gasteiger partial charge in [0.05, 0.1) is 11.1 Å². The molecule has 4 nitrogen and oxygen atoms in total. The number of amides is 2. The van der Waals surface area contributed by atoms with Crippen LogP contribution < -0.4 is 4.84 Å². The zero-order chi connectivity index (χ0) is 13.4. The lowest BCUT2D eigenvalue weighted by atomic mass is 10.1. The molecule has 0 saturated carbocycles. The predicted molar refractivity (Wildman–Crippen MR) is 64.0 cm³/mol. The van der Waals surface area contributed by atoms with Crippen molar-refractivity contribution in [2.45, 2.75) is 0 Å². The summed E-state index contributed by atoms with van der Waals surface area (Å²) in [6.07, 6.45) is 0. The molecule has 94 valence electrons. The topological polar surface area (TPSA) is 46.6 Å². The summed E-state index contributed by atoms with van der Waals surface area (Å²) in [4.78, 5) is 29.0. The van der Waals surface area contributed by atoms with Crippen molar-refractivity contribution in [1.82, 2.24) is 5.06 Å². The van der Waals surface area contributed by atoms with Crippen molar-refractivity contribution in [2.75, 3.05) is 0 Å². The maximum atomic E-state index is 13.5. The van der Waals surface area contributed by atoms with Gasteiger partial charge >= 0.3 is 0 Å². The van der Waals surface area contributed by atoms with Crippen LogP contribution in [0.2, 0.25) is 0 Å². The maximum Gasteiger partial charge on any atom is 0.295 e. The van der Waals surface area contributed by atoms with Gasteiger partial charge in [-0.2, -0.15) is 0 Å². The van der Waals surface area contributed by atoms with E-state index in [1.807, 2.05) is 0 Å². The molecule has 2 aromatic carbocycles. The Bertz CT molecular complexity index is 649. The second-order valence-electron chi connectivity index (χ2n) is 3.97. The van der Waals surface area contributed by atoms with Crippen molar-refractivity contribution in [1.29, 1.82) is 0 Å². The van der Waals surface area contributed by atoms with E-state index in [4.69, 9.17) is 4.84 Å². The predicted octanol–water partition coefficient (Wildman–Crippen LogP) is 2.42. The third kappa shape index (κ3) is 1.76. The van der Waals surface area contributed by atoms with Crippen LogP contribution in [-0.2, 0) is 0 Å². The Labute approximate surface area is 108 Å². The summed E-state index contributed by atoms with van der Waals surface area (Å²) in [5.41, 5.74) is 0.507. The molecular weight excluding hydrogens is 249 g/mol. The molecule has 5 heteroatoms. The summed E-state index contributed by atoms with van der Waals surface area (Å²) in [6, 6.07) is 11.9. The van der Waals surface area contributed by atoms with Gasteiger partial charge in [0.25, 0.3) is 11.8 Å². The highest BCUT2D eigenvalue weighted by atomic mass is 19.1. The molecule has 0 aliphatic carbocycles. The van der Waals surface area contributed by atoms with Crippen molar-refractivity contribution in [2.24, 2.45) is 0 Å². The molecule has 1 heterocycles. The molecule has 2 aromatic rings. The molecule has 0 N–H and O–H groups in total. The highest BCUT2D eigenvalue weighted by molar-refractivity contribution is 6.20. The first-order chi connectivity index (χ1) is 9.18. The molecule has 3 rings (SSSR count). The second kappa shape index (κ2) is 4.20. The van der Waals surface area contributed by atoms with Gasteiger partial charge in [-0.05, 0) is 24.3 Å². The van der Waals surface area contributed by atoms with E-state index >= 15 is 0 Å². The standard InChI is InChI=1S/C14H8FNO3/c15-11-7-3-4-8-12(11)19-16-13(17)9-5-1-2-6-10(9)14(16)18/h1-8H. The minimum absolute atomic E-state index is 0.169. The molecule has 0 unspecified atom stereocenters. The van der Waals surface area contributed by atoms with Gasteiger partial charge in [-0.3, -0.25) is 9.59 Å². The van der Waals surface area contributed by atoms with Crippen LogP contribution >= 0.6 is 0 Å². The van der Waals surface area contributed by atoms with Crippen molar-refractivity contribution in [3.63, 3.8) is 0 Å². The Morgan fingerprint density at radius 3 is 1.95 bits per heavy atom. The lowest BCUT2D eigenvalue weighted by Gasteiger charge is -2.14. The van der Waals surface area contributed by atoms with E-state index in [0.717, 1.165) is 0 Å². The lowest BCUT2D eigenvalue weighted by Crippen LogP contribution is -2.33. The van der Waals surface area contributed by atoms with Gasteiger partial charge in [0.2, 0.25) is 0 Å². The first-order valence-electron chi connectivity index (χ1n) is 5.59. The Hall–Kier alpha value is -2.69. The molecule has 0 fully saturated rings. The monoisotopic (exact) mass is 257 g/mol. The fraction of sp³-hybridized carbons (Fsp3) is 0. The number of benzene rings is 2. The molecule has 0 saturated heterocycles. The lowest BCUT2D eigenvalue weighted by molar-refractivity contribution is -0.0160. The number of nitrogens with zero attached hydrogens (tertiary/aromatic N) is 1. The van der Waals surface area contributed by atoms with Gasteiger partial charge in [0, 0.05) is 0 Å². The quantitative estimate of drug-likeness (QED) is 0.776. The molecular formula is C14H8FNO3. The number of carbonyl (C=O) groups is 2. The first kappa shape index (κ1) is 11.4. The Kier molecular flexibility index (Phi) is 2.52. The van der Waals surface area contributed by atoms with Crippen molar-refractivity contribution in [3.05, 3.63) is 65.5 Å². The molecule has 0 aromatic heterocycles. The summed E-state index contributed by atoms with van der Waals surface area (Å²) in [7, 11) is 0. The van der Waals surface area contributed by atoms with E-state index in [1.165, 1.54) is 30.3 Å².